The highest BCUT2D eigenvalue weighted by Crippen LogP contribution is 2.28. The quantitative estimate of drug-likeness (QED) is 0.529. The van der Waals surface area contributed by atoms with Crippen molar-refractivity contribution < 1.29 is 14.6 Å². The summed E-state index contributed by atoms with van der Waals surface area (Å²) in [5.74, 6) is 0.140. The third kappa shape index (κ3) is 2.16. The highest BCUT2D eigenvalue weighted by atomic mass is 16.5. The van der Waals surface area contributed by atoms with Crippen LogP contribution in [0, 0.1) is 0 Å². The number of aromatic carboxylic acids is 1. The van der Waals surface area contributed by atoms with E-state index in [1.807, 2.05) is 18.2 Å². The molecule has 0 amide bonds. The van der Waals surface area contributed by atoms with E-state index >= 15 is 0 Å². The third-order valence-electron chi connectivity index (χ3n) is 3.91. The van der Waals surface area contributed by atoms with Crippen molar-refractivity contribution in [1.29, 1.82) is 0 Å². The van der Waals surface area contributed by atoms with Crippen LogP contribution in [0.15, 0.2) is 30.3 Å². The number of aromatic nitrogens is 5. The molecule has 0 unspecified atom stereocenters. The fourth-order valence-corrected chi connectivity index (χ4v) is 2.80. The molecule has 0 aliphatic rings. The predicted octanol–water partition coefficient (Wildman–Crippen LogP) is 2.13. The van der Waals surface area contributed by atoms with Crippen LogP contribution in [0.3, 0.4) is 0 Å². The number of hydrogen-bond acceptors (Lipinski definition) is 5. The summed E-state index contributed by atoms with van der Waals surface area (Å²) in [7, 11) is 1.53. The van der Waals surface area contributed by atoms with Crippen molar-refractivity contribution in [2.45, 2.75) is 6.42 Å². The second kappa shape index (κ2) is 5.34. The number of hydrogen-bond donors (Lipinski definition) is 3. The summed E-state index contributed by atoms with van der Waals surface area (Å²) in [6, 6.07) is 8.85. The molecule has 2 aromatic carbocycles. The van der Waals surface area contributed by atoms with Gasteiger partial charge in [-0.15, -0.1) is 5.10 Å². The summed E-state index contributed by atoms with van der Waals surface area (Å²) in [6.45, 7) is 0. The lowest BCUT2D eigenvalue weighted by molar-refractivity contribution is 0.0699. The van der Waals surface area contributed by atoms with Gasteiger partial charge in [-0.2, -0.15) is 0 Å². The van der Waals surface area contributed by atoms with Crippen molar-refractivity contribution in [3.05, 3.63) is 47.3 Å². The Balaban J connectivity index is 1.84. The van der Waals surface area contributed by atoms with Crippen LogP contribution in [0.2, 0.25) is 0 Å². The lowest BCUT2D eigenvalue weighted by Gasteiger charge is -2.02. The van der Waals surface area contributed by atoms with E-state index < -0.39 is 5.97 Å². The Morgan fingerprint density at radius 2 is 2.12 bits per heavy atom. The molecule has 0 saturated heterocycles. The topological polar surface area (TPSA) is 117 Å². The van der Waals surface area contributed by atoms with E-state index in [9.17, 15) is 9.90 Å². The van der Waals surface area contributed by atoms with Gasteiger partial charge in [-0.1, -0.05) is 17.3 Å². The second-order valence-corrected chi connectivity index (χ2v) is 5.33. The molecule has 0 aliphatic heterocycles. The summed E-state index contributed by atoms with van der Waals surface area (Å²) in [5.41, 5.74) is 3.65. The van der Waals surface area contributed by atoms with Gasteiger partial charge in [0.25, 0.3) is 0 Å². The SMILES string of the molecule is COc1ccc(C(=O)O)c2[nH]c(Cc3cccc4[nH]nnc34)nc12. The molecule has 8 heteroatoms. The van der Waals surface area contributed by atoms with E-state index in [1.54, 1.807) is 6.07 Å². The predicted molar refractivity (Wildman–Crippen MR) is 86.3 cm³/mol. The summed E-state index contributed by atoms with van der Waals surface area (Å²) >= 11 is 0. The Kier molecular flexibility index (Phi) is 3.16. The van der Waals surface area contributed by atoms with Crippen LogP contribution >= 0.6 is 0 Å². The molecule has 0 saturated carbocycles. The molecule has 4 aromatic rings. The summed E-state index contributed by atoms with van der Waals surface area (Å²) in [6.07, 6.45) is 0.473. The second-order valence-electron chi connectivity index (χ2n) is 5.33. The van der Waals surface area contributed by atoms with Crippen LogP contribution in [0.25, 0.3) is 22.1 Å². The zero-order valence-corrected chi connectivity index (χ0v) is 12.7. The van der Waals surface area contributed by atoms with E-state index in [0.29, 0.717) is 29.0 Å². The van der Waals surface area contributed by atoms with Crippen LogP contribution < -0.4 is 4.74 Å². The first kappa shape index (κ1) is 14.2. The number of aromatic amines is 2. The average molecular weight is 323 g/mol. The van der Waals surface area contributed by atoms with Crippen LogP contribution in [0.1, 0.15) is 21.7 Å². The number of ether oxygens (including phenoxy) is 1. The first-order valence-electron chi connectivity index (χ1n) is 7.25. The van der Waals surface area contributed by atoms with E-state index in [1.165, 1.54) is 13.2 Å². The average Bonchev–Trinajstić information content (AvgIpc) is 3.20. The molecule has 8 nitrogen and oxygen atoms in total. The maximum atomic E-state index is 11.4. The van der Waals surface area contributed by atoms with Crippen molar-refractivity contribution in [2.24, 2.45) is 0 Å². The van der Waals surface area contributed by atoms with Crippen LogP contribution in [-0.2, 0) is 6.42 Å². The third-order valence-corrected chi connectivity index (χ3v) is 3.91. The number of rotatable bonds is 4. The summed E-state index contributed by atoms with van der Waals surface area (Å²) < 4.78 is 5.28. The number of methoxy groups -OCH3 is 1. The van der Waals surface area contributed by atoms with Gasteiger partial charge in [-0.3, -0.25) is 5.10 Å². The highest BCUT2D eigenvalue weighted by Gasteiger charge is 2.17. The fourth-order valence-electron chi connectivity index (χ4n) is 2.80. The molecule has 0 bridgehead atoms. The van der Waals surface area contributed by atoms with Crippen molar-refractivity contribution in [3.8, 4) is 5.75 Å². The van der Waals surface area contributed by atoms with Gasteiger partial charge in [0.15, 0.2) is 0 Å². The molecule has 2 aromatic heterocycles. The van der Waals surface area contributed by atoms with Crippen molar-refractivity contribution >= 4 is 28.0 Å². The largest absolute Gasteiger partial charge is 0.494 e. The van der Waals surface area contributed by atoms with Gasteiger partial charge in [0.05, 0.1) is 23.7 Å². The number of nitrogens with zero attached hydrogens (tertiary/aromatic N) is 3. The highest BCUT2D eigenvalue weighted by molar-refractivity contribution is 6.02. The fraction of sp³-hybridized carbons (Fsp3) is 0.125. The van der Waals surface area contributed by atoms with Crippen molar-refractivity contribution in [3.63, 3.8) is 0 Å². The molecular formula is C16H13N5O3. The molecule has 0 atom stereocenters. The Morgan fingerprint density at radius 3 is 2.92 bits per heavy atom. The van der Waals surface area contributed by atoms with E-state index in [2.05, 4.69) is 25.4 Å². The number of carboxylic acids is 1. The molecule has 0 radical (unpaired) electrons. The summed E-state index contributed by atoms with van der Waals surface area (Å²) in [5, 5.41) is 20.1. The number of H-pyrrole nitrogens is 2. The van der Waals surface area contributed by atoms with Crippen LogP contribution in [0.4, 0.5) is 0 Å². The first-order chi connectivity index (χ1) is 11.7. The van der Waals surface area contributed by atoms with Gasteiger partial charge < -0.3 is 14.8 Å². The van der Waals surface area contributed by atoms with Gasteiger partial charge >= 0.3 is 5.97 Å². The van der Waals surface area contributed by atoms with E-state index in [-0.39, 0.29) is 5.56 Å². The number of fused-ring (bicyclic) bond motifs is 2. The van der Waals surface area contributed by atoms with Gasteiger partial charge in [0.1, 0.15) is 22.6 Å². The minimum absolute atomic E-state index is 0.157. The van der Waals surface area contributed by atoms with Crippen LogP contribution in [-0.4, -0.2) is 43.6 Å². The van der Waals surface area contributed by atoms with Gasteiger partial charge in [-0.25, -0.2) is 9.78 Å². The number of carbonyl (C=O) groups is 1. The van der Waals surface area contributed by atoms with Crippen molar-refractivity contribution in [2.75, 3.05) is 7.11 Å². The molecule has 120 valence electrons. The Labute approximate surface area is 135 Å². The Morgan fingerprint density at radius 1 is 1.25 bits per heavy atom. The minimum atomic E-state index is -1.02. The lowest BCUT2D eigenvalue weighted by atomic mass is 10.1. The number of benzene rings is 2. The van der Waals surface area contributed by atoms with Gasteiger partial charge in [-0.05, 0) is 23.8 Å². The molecule has 2 heterocycles. The first-order valence-corrected chi connectivity index (χ1v) is 7.25. The molecule has 4 rings (SSSR count). The summed E-state index contributed by atoms with van der Waals surface area (Å²) in [4.78, 5) is 19.0. The Hall–Kier alpha value is -3.42. The zero-order chi connectivity index (χ0) is 16.7. The molecule has 0 spiro atoms. The lowest BCUT2D eigenvalue weighted by Crippen LogP contribution is -1.98. The smallest absolute Gasteiger partial charge is 0.337 e. The van der Waals surface area contributed by atoms with Gasteiger partial charge in [0.2, 0.25) is 0 Å². The molecule has 0 fully saturated rings. The number of nitrogens with one attached hydrogen (secondary N) is 2. The minimum Gasteiger partial charge on any atom is -0.494 e. The number of carboxylic acid groups (broad SMARTS) is 1. The number of imidazole rings is 1. The monoisotopic (exact) mass is 323 g/mol. The van der Waals surface area contributed by atoms with Gasteiger partial charge in [0, 0.05) is 6.42 Å². The van der Waals surface area contributed by atoms with E-state index in [4.69, 9.17) is 4.74 Å². The van der Waals surface area contributed by atoms with Crippen molar-refractivity contribution in [1.82, 2.24) is 25.4 Å². The molecular weight excluding hydrogens is 310 g/mol. The normalized spacial score (nSPS) is 11.2. The van der Waals surface area contributed by atoms with E-state index in [0.717, 1.165) is 16.6 Å². The molecule has 0 aliphatic carbocycles. The maximum absolute atomic E-state index is 11.4. The standard InChI is InChI=1S/C16H13N5O3/c1-24-11-6-5-9(16(22)23)14-15(11)18-12(17-14)7-8-3-2-4-10-13(8)20-21-19-10/h2-6H,7H2,1H3,(H,17,18)(H,22,23)(H,19,20,21). The zero-order valence-electron chi connectivity index (χ0n) is 12.7. The Bertz CT molecular complexity index is 1070. The maximum Gasteiger partial charge on any atom is 0.337 e. The molecule has 3 N–H and O–H groups in total. The molecule has 24 heavy (non-hydrogen) atoms. The van der Waals surface area contributed by atoms with Crippen LogP contribution in [0.5, 0.6) is 5.75 Å².